The van der Waals surface area contributed by atoms with E-state index in [2.05, 4.69) is 71.7 Å². The van der Waals surface area contributed by atoms with Crippen LogP contribution in [-0.4, -0.2) is 51.6 Å². The van der Waals surface area contributed by atoms with Gasteiger partial charge in [-0.1, -0.05) is 6.07 Å². The lowest BCUT2D eigenvalue weighted by Gasteiger charge is -2.28. The molecule has 5 nitrogen and oxygen atoms in total. The van der Waals surface area contributed by atoms with Gasteiger partial charge in [-0.3, -0.25) is 4.98 Å². The summed E-state index contributed by atoms with van der Waals surface area (Å²) >= 11 is 5.75. The molecule has 3 rings (SSSR count). The molecule has 27 heavy (non-hydrogen) atoms. The summed E-state index contributed by atoms with van der Waals surface area (Å²) in [6.45, 7) is 9.58. The monoisotopic (exact) mass is 385 g/mol. The molecule has 2 aromatic rings. The summed E-state index contributed by atoms with van der Waals surface area (Å²) in [7, 11) is 4.23. The lowest BCUT2D eigenvalue weighted by atomic mass is 9.96. The minimum Gasteiger partial charge on any atom is -0.352 e. The van der Waals surface area contributed by atoms with E-state index in [1.54, 1.807) is 0 Å². The summed E-state index contributed by atoms with van der Waals surface area (Å²) in [6.07, 6.45) is 2.94. The van der Waals surface area contributed by atoms with Crippen molar-refractivity contribution in [3.8, 4) is 0 Å². The molecule has 0 saturated carbocycles. The van der Waals surface area contributed by atoms with Crippen molar-refractivity contribution in [3.05, 3.63) is 53.1 Å². The predicted octanol–water partition coefficient (Wildman–Crippen LogP) is 3.44. The first-order valence-corrected chi connectivity index (χ1v) is 10.1. The van der Waals surface area contributed by atoms with Crippen LogP contribution in [-0.2, 0) is 6.54 Å². The molecule has 2 aromatic heterocycles. The van der Waals surface area contributed by atoms with Crippen LogP contribution in [0.15, 0.2) is 30.5 Å². The SMILES string of the molecule is CCn1c(C)cc([C@H]2[C@H](c3ccccn3)NC(=S)N2CCCN(C)C)c1C. The molecular formula is C21H31N5S. The minimum absolute atomic E-state index is 0.0730. The molecular weight excluding hydrogens is 354 g/mol. The number of rotatable bonds is 7. The van der Waals surface area contributed by atoms with Crippen LogP contribution in [0.4, 0.5) is 0 Å². The highest BCUT2D eigenvalue weighted by Gasteiger charge is 2.40. The van der Waals surface area contributed by atoms with Crippen LogP contribution in [0.1, 0.15) is 48.1 Å². The lowest BCUT2D eigenvalue weighted by molar-refractivity contribution is 0.292. The third-order valence-electron chi connectivity index (χ3n) is 5.45. The van der Waals surface area contributed by atoms with Crippen molar-refractivity contribution in [1.29, 1.82) is 0 Å². The summed E-state index contributed by atoms with van der Waals surface area (Å²) < 4.78 is 2.38. The Morgan fingerprint density at radius 2 is 2.04 bits per heavy atom. The van der Waals surface area contributed by atoms with Crippen molar-refractivity contribution in [2.45, 2.75) is 45.8 Å². The molecule has 146 valence electrons. The molecule has 0 aliphatic carbocycles. The molecule has 1 aliphatic rings. The quantitative estimate of drug-likeness (QED) is 0.739. The summed E-state index contributed by atoms with van der Waals surface area (Å²) in [5.74, 6) is 0. The van der Waals surface area contributed by atoms with Gasteiger partial charge in [-0.15, -0.1) is 0 Å². The van der Waals surface area contributed by atoms with Crippen LogP contribution in [0.2, 0.25) is 0 Å². The molecule has 3 heterocycles. The highest BCUT2D eigenvalue weighted by atomic mass is 32.1. The fraction of sp³-hybridized carbons (Fsp3) is 0.524. The van der Waals surface area contributed by atoms with Crippen LogP contribution in [0.3, 0.4) is 0 Å². The van der Waals surface area contributed by atoms with E-state index in [1.807, 2.05) is 18.3 Å². The van der Waals surface area contributed by atoms with E-state index in [0.29, 0.717) is 0 Å². The second-order valence-corrected chi connectivity index (χ2v) is 7.93. The zero-order valence-electron chi connectivity index (χ0n) is 17.1. The number of hydrogen-bond donors (Lipinski definition) is 1. The Kier molecular flexibility index (Phi) is 6.17. The van der Waals surface area contributed by atoms with Gasteiger partial charge in [0.1, 0.15) is 0 Å². The molecule has 1 fully saturated rings. The van der Waals surface area contributed by atoms with Crippen molar-refractivity contribution < 1.29 is 0 Å². The second kappa shape index (κ2) is 8.40. The number of pyridine rings is 1. The third kappa shape index (κ3) is 4.01. The number of nitrogens with zero attached hydrogens (tertiary/aromatic N) is 4. The zero-order chi connectivity index (χ0) is 19.6. The molecule has 6 heteroatoms. The summed E-state index contributed by atoms with van der Waals surface area (Å²) in [5.41, 5.74) is 5.02. The summed E-state index contributed by atoms with van der Waals surface area (Å²) in [6, 6.07) is 8.67. The van der Waals surface area contributed by atoms with Gasteiger partial charge in [0, 0.05) is 30.7 Å². The lowest BCUT2D eigenvalue weighted by Crippen LogP contribution is -2.32. The molecule has 0 radical (unpaired) electrons. The molecule has 0 unspecified atom stereocenters. The standard InChI is InChI=1S/C21H31N5S/c1-6-25-15(2)14-17(16(25)3)20-19(18-10-7-8-11-22-18)23-21(27)26(20)13-9-12-24(4)5/h7-8,10-11,14,19-20H,6,9,12-13H2,1-5H3,(H,23,27)/t19-,20-/m0/s1. The molecule has 1 saturated heterocycles. The van der Waals surface area contributed by atoms with Gasteiger partial charge in [0.25, 0.3) is 0 Å². The Hall–Kier alpha value is -1.92. The van der Waals surface area contributed by atoms with Gasteiger partial charge >= 0.3 is 0 Å². The van der Waals surface area contributed by atoms with Crippen LogP contribution in [0, 0.1) is 13.8 Å². The van der Waals surface area contributed by atoms with Gasteiger partial charge < -0.3 is 19.7 Å². The largest absolute Gasteiger partial charge is 0.352 e. The number of aryl methyl sites for hydroxylation is 1. The second-order valence-electron chi connectivity index (χ2n) is 7.55. The number of nitrogens with one attached hydrogen (secondary N) is 1. The van der Waals surface area contributed by atoms with E-state index in [4.69, 9.17) is 12.2 Å². The predicted molar refractivity (Wildman–Crippen MR) is 115 cm³/mol. The maximum atomic E-state index is 5.75. The average Bonchev–Trinajstić information content (AvgIpc) is 3.11. The van der Waals surface area contributed by atoms with Gasteiger partial charge in [0.05, 0.1) is 17.8 Å². The fourth-order valence-electron chi connectivity index (χ4n) is 4.16. The highest BCUT2D eigenvalue weighted by Crippen LogP contribution is 2.40. The van der Waals surface area contributed by atoms with Crippen LogP contribution in [0.5, 0.6) is 0 Å². The first-order chi connectivity index (χ1) is 12.9. The van der Waals surface area contributed by atoms with E-state index < -0.39 is 0 Å². The van der Waals surface area contributed by atoms with Gasteiger partial charge in [-0.2, -0.15) is 0 Å². The van der Waals surface area contributed by atoms with E-state index in [0.717, 1.165) is 36.9 Å². The average molecular weight is 386 g/mol. The highest BCUT2D eigenvalue weighted by molar-refractivity contribution is 7.80. The number of aromatic nitrogens is 2. The van der Waals surface area contributed by atoms with E-state index in [1.165, 1.54) is 17.0 Å². The van der Waals surface area contributed by atoms with Crippen molar-refractivity contribution in [2.75, 3.05) is 27.2 Å². The van der Waals surface area contributed by atoms with Crippen molar-refractivity contribution in [2.24, 2.45) is 0 Å². The minimum atomic E-state index is 0.0730. The van der Waals surface area contributed by atoms with E-state index >= 15 is 0 Å². The topological polar surface area (TPSA) is 36.3 Å². The molecule has 0 aromatic carbocycles. The normalized spacial score (nSPS) is 19.8. The maximum absolute atomic E-state index is 5.75. The van der Waals surface area contributed by atoms with Crippen LogP contribution >= 0.6 is 12.2 Å². The fourth-order valence-corrected chi connectivity index (χ4v) is 4.49. The van der Waals surface area contributed by atoms with Crippen molar-refractivity contribution in [3.63, 3.8) is 0 Å². The van der Waals surface area contributed by atoms with Crippen LogP contribution in [0.25, 0.3) is 0 Å². The zero-order valence-corrected chi connectivity index (χ0v) is 17.9. The smallest absolute Gasteiger partial charge is 0.170 e. The van der Waals surface area contributed by atoms with Crippen molar-refractivity contribution >= 4 is 17.3 Å². The van der Waals surface area contributed by atoms with Gasteiger partial charge in [0.15, 0.2) is 5.11 Å². The summed E-state index contributed by atoms with van der Waals surface area (Å²) in [5, 5.41) is 4.38. The molecule has 1 aliphatic heterocycles. The first-order valence-electron chi connectivity index (χ1n) is 9.73. The number of thiocarbonyl (C=S) groups is 1. The Labute approximate surface area is 168 Å². The Bertz CT molecular complexity index is 783. The molecule has 0 spiro atoms. The Balaban J connectivity index is 1.99. The molecule has 1 N–H and O–H groups in total. The van der Waals surface area contributed by atoms with E-state index in [9.17, 15) is 0 Å². The van der Waals surface area contributed by atoms with Crippen molar-refractivity contribution in [1.82, 2.24) is 24.7 Å². The maximum Gasteiger partial charge on any atom is 0.170 e. The van der Waals surface area contributed by atoms with Gasteiger partial charge in [-0.25, -0.2) is 0 Å². The molecule has 0 amide bonds. The molecule has 0 bridgehead atoms. The van der Waals surface area contributed by atoms with E-state index in [-0.39, 0.29) is 12.1 Å². The summed E-state index contributed by atoms with van der Waals surface area (Å²) in [4.78, 5) is 9.21. The number of hydrogen-bond acceptors (Lipinski definition) is 3. The van der Waals surface area contributed by atoms with Gasteiger partial charge in [0.2, 0.25) is 0 Å². The Morgan fingerprint density at radius 3 is 2.63 bits per heavy atom. The van der Waals surface area contributed by atoms with Crippen LogP contribution < -0.4 is 5.32 Å². The first kappa shape index (κ1) is 19.8. The third-order valence-corrected chi connectivity index (χ3v) is 5.80. The Morgan fingerprint density at radius 1 is 1.26 bits per heavy atom. The van der Waals surface area contributed by atoms with Gasteiger partial charge in [-0.05, 0) is 83.8 Å². The molecule has 2 atom stereocenters.